The standard InChI is InChI=1S/C11H24N2/c1-6-9-10(13(12)8-3)11(4,5)7-2/h9H,6-8,12H2,1-5H3/b10-9-. The third-order valence-corrected chi connectivity index (χ3v) is 2.62. The Hall–Kier alpha value is -0.500. The number of hydrogen-bond donors (Lipinski definition) is 1. The van der Waals surface area contributed by atoms with Crippen molar-refractivity contribution in [2.45, 2.75) is 47.5 Å². The Morgan fingerprint density at radius 1 is 1.31 bits per heavy atom. The van der Waals surface area contributed by atoms with Crippen LogP contribution in [0.3, 0.4) is 0 Å². The van der Waals surface area contributed by atoms with Crippen LogP contribution >= 0.6 is 0 Å². The summed E-state index contributed by atoms with van der Waals surface area (Å²) in [5.74, 6) is 5.93. The van der Waals surface area contributed by atoms with Crippen molar-refractivity contribution in [3.63, 3.8) is 0 Å². The molecule has 0 saturated heterocycles. The predicted octanol–water partition coefficient (Wildman–Crippen LogP) is 2.91. The van der Waals surface area contributed by atoms with Crippen LogP contribution in [0.1, 0.15) is 47.5 Å². The predicted molar refractivity (Wildman–Crippen MR) is 59.0 cm³/mol. The first-order valence-electron chi connectivity index (χ1n) is 5.22. The average Bonchev–Trinajstić information content (AvgIpc) is 2.12. The van der Waals surface area contributed by atoms with Crippen molar-refractivity contribution >= 4 is 0 Å². The summed E-state index contributed by atoms with van der Waals surface area (Å²) >= 11 is 0. The highest BCUT2D eigenvalue weighted by Gasteiger charge is 2.23. The molecule has 0 bridgehead atoms. The molecular formula is C11H24N2. The van der Waals surface area contributed by atoms with Crippen molar-refractivity contribution in [3.8, 4) is 0 Å². The minimum absolute atomic E-state index is 0.195. The lowest BCUT2D eigenvalue weighted by Crippen LogP contribution is -2.36. The van der Waals surface area contributed by atoms with Gasteiger partial charge in [0.05, 0.1) is 0 Å². The van der Waals surface area contributed by atoms with Gasteiger partial charge in [0.15, 0.2) is 0 Å². The Bertz CT molecular complexity index is 171. The second-order valence-corrected chi connectivity index (χ2v) is 4.02. The van der Waals surface area contributed by atoms with E-state index in [0.29, 0.717) is 0 Å². The topological polar surface area (TPSA) is 29.3 Å². The van der Waals surface area contributed by atoms with Gasteiger partial charge >= 0.3 is 0 Å². The zero-order valence-corrected chi connectivity index (χ0v) is 9.72. The lowest BCUT2D eigenvalue weighted by molar-refractivity contribution is 0.261. The second kappa shape index (κ2) is 5.28. The molecule has 0 rings (SSSR count). The molecule has 0 heterocycles. The van der Waals surface area contributed by atoms with Gasteiger partial charge in [0.1, 0.15) is 0 Å². The molecule has 0 aliphatic rings. The summed E-state index contributed by atoms with van der Waals surface area (Å²) in [5.41, 5.74) is 1.46. The van der Waals surface area contributed by atoms with Crippen molar-refractivity contribution in [1.29, 1.82) is 0 Å². The Kier molecular flexibility index (Phi) is 5.07. The third-order valence-electron chi connectivity index (χ3n) is 2.62. The molecule has 0 saturated carbocycles. The van der Waals surface area contributed by atoms with E-state index in [2.05, 4.69) is 40.7 Å². The molecule has 0 aromatic rings. The van der Waals surface area contributed by atoms with E-state index in [1.807, 2.05) is 5.01 Å². The van der Waals surface area contributed by atoms with Gasteiger partial charge in [-0.15, -0.1) is 0 Å². The fraction of sp³-hybridized carbons (Fsp3) is 0.818. The van der Waals surface area contributed by atoms with Crippen LogP contribution in [0.2, 0.25) is 0 Å². The van der Waals surface area contributed by atoms with Gasteiger partial charge in [-0.1, -0.05) is 33.8 Å². The summed E-state index contributed by atoms with van der Waals surface area (Å²) in [7, 11) is 0. The van der Waals surface area contributed by atoms with Gasteiger partial charge in [0.25, 0.3) is 0 Å². The number of nitrogens with zero attached hydrogens (tertiary/aromatic N) is 1. The fourth-order valence-corrected chi connectivity index (χ4v) is 1.33. The van der Waals surface area contributed by atoms with Crippen molar-refractivity contribution in [3.05, 3.63) is 11.8 Å². The van der Waals surface area contributed by atoms with E-state index >= 15 is 0 Å². The van der Waals surface area contributed by atoms with Gasteiger partial charge in [0.2, 0.25) is 0 Å². The molecule has 2 N–H and O–H groups in total. The van der Waals surface area contributed by atoms with Gasteiger partial charge in [-0.2, -0.15) is 0 Å². The van der Waals surface area contributed by atoms with Crippen LogP contribution < -0.4 is 5.84 Å². The van der Waals surface area contributed by atoms with Crippen LogP contribution in [-0.2, 0) is 0 Å². The summed E-state index contributed by atoms with van der Waals surface area (Å²) in [6.07, 6.45) is 4.39. The maximum Gasteiger partial charge on any atom is 0.0310 e. The van der Waals surface area contributed by atoms with Crippen molar-refractivity contribution in [2.24, 2.45) is 11.3 Å². The largest absolute Gasteiger partial charge is 0.315 e. The molecule has 0 aromatic carbocycles. The van der Waals surface area contributed by atoms with Gasteiger partial charge in [-0.05, 0) is 19.8 Å². The van der Waals surface area contributed by atoms with Gasteiger partial charge in [0, 0.05) is 17.7 Å². The minimum Gasteiger partial charge on any atom is -0.315 e. The first-order valence-corrected chi connectivity index (χ1v) is 5.22. The summed E-state index contributed by atoms with van der Waals surface area (Å²) in [5, 5.41) is 1.85. The Labute approximate surface area is 82.8 Å². The van der Waals surface area contributed by atoms with E-state index in [-0.39, 0.29) is 5.41 Å². The van der Waals surface area contributed by atoms with Crippen LogP contribution in [0.15, 0.2) is 11.8 Å². The lowest BCUT2D eigenvalue weighted by atomic mass is 9.85. The molecule has 0 fully saturated rings. The molecule has 0 spiro atoms. The second-order valence-electron chi connectivity index (χ2n) is 4.02. The van der Waals surface area contributed by atoms with Crippen LogP contribution in [0, 0.1) is 5.41 Å². The number of hydrazine groups is 1. The quantitative estimate of drug-likeness (QED) is 0.526. The maximum absolute atomic E-state index is 5.93. The number of nitrogens with two attached hydrogens (primary N) is 1. The van der Waals surface area contributed by atoms with Crippen molar-refractivity contribution in [1.82, 2.24) is 5.01 Å². The van der Waals surface area contributed by atoms with E-state index in [0.717, 1.165) is 19.4 Å². The highest BCUT2D eigenvalue weighted by molar-refractivity contribution is 5.09. The Balaban J connectivity index is 4.71. The molecule has 0 aliphatic heterocycles. The molecular weight excluding hydrogens is 160 g/mol. The highest BCUT2D eigenvalue weighted by atomic mass is 15.4. The smallest absolute Gasteiger partial charge is 0.0310 e. The molecule has 13 heavy (non-hydrogen) atoms. The summed E-state index contributed by atoms with van der Waals surface area (Å²) in [6, 6.07) is 0. The van der Waals surface area contributed by atoms with Crippen LogP contribution in [0.5, 0.6) is 0 Å². The number of allylic oxidation sites excluding steroid dienone is 2. The van der Waals surface area contributed by atoms with E-state index in [1.165, 1.54) is 5.70 Å². The average molecular weight is 184 g/mol. The number of hydrogen-bond acceptors (Lipinski definition) is 2. The molecule has 0 amide bonds. The Morgan fingerprint density at radius 2 is 1.85 bits per heavy atom. The van der Waals surface area contributed by atoms with Gasteiger partial charge < -0.3 is 5.01 Å². The van der Waals surface area contributed by atoms with E-state index in [1.54, 1.807) is 0 Å². The van der Waals surface area contributed by atoms with Crippen LogP contribution in [0.25, 0.3) is 0 Å². The zero-order valence-electron chi connectivity index (χ0n) is 9.72. The Morgan fingerprint density at radius 3 is 2.15 bits per heavy atom. The van der Waals surface area contributed by atoms with E-state index < -0.39 is 0 Å². The summed E-state index contributed by atoms with van der Waals surface area (Å²) in [6.45, 7) is 11.8. The molecule has 0 radical (unpaired) electrons. The van der Waals surface area contributed by atoms with E-state index in [4.69, 9.17) is 5.84 Å². The maximum atomic E-state index is 5.93. The van der Waals surface area contributed by atoms with Gasteiger partial charge in [-0.3, -0.25) is 0 Å². The molecule has 2 nitrogen and oxygen atoms in total. The molecule has 78 valence electrons. The van der Waals surface area contributed by atoms with Gasteiger partial charge in [-0.25, -0.2) is 5.84 Å². The molecule has 0 atom stereocenters. The first-order chi connectivity index (χ1) is 5.99. The first kappa shape index (κ1) is 12.5. The zero-order chi connectivity index (χ0) is 10.5. The van der Waals surface area contributed by atoms with Crippen molar-refractivity contribution < 1.29 is 0 Å². The third kappa shape index (κ3) is 3.39. The molecule has 2 heteroatoms. The van der Waals surface area contributed by atoms with Crippen molar-refractivity contribution in [2.75, 3.05) is 6.54 Å². The summed E-state index contributed by atoms with van der Waals surface area (Å²) < 4.78 is 0. The monoisotopic (exact) mass is 184 g/mol. The molecule has 0 aliphatic carbocycles. The number of rotatable bonds is 5. The molecule has 0 aromatic heterocycles. The fourth-order valence-electron chi connectivity index (χ4n) is 1.33. The van der Waals surface area contributed by atoms with Crippen LogP contribution in [-0.4, -0.2) is 11.6 Å². The highest BCUT2D eigenvalue weighted by Crippen LogP contribution is 2.31. The minimum atomic E-state index is 0.195. The lowest BCUT2D eigenvalue weighted by Gasteiger charge is -2.33. The van der Waals surface area contributed by atoms with Crippen LogP contribution in [0.4, 0.5) is 0 Å². The van der Waals surface area contributed by atoms with E-state index in [9.17, 15) is 0 Å². The normalized spacial score (nSPS) is 13.2. The SMILES string of the molecule is CC/C=C(\N(N)CC)C(C)(C)CC. The summed E-state index contributed by atoms with van der Waals surface area (Å²) in [4.78, 5) is 0. The molecule has 0 unspecified atom stereocenters.